The number of hydrogen-bond donors (Lipinski definition) is 2. The van der Waals surface area contributed by atoms with Crippen LogP contribution in [0.4, 0.5) is 5.82 Å². The normalized spacial score (nSPS) is 19.6. The Kier molecular flexibility index (Phi) is 8.32. The van der Waals surface area contributed by atoms with Crippen molar-refractivity contribution in [3.05, 3.63) is 23.9 Å². The number of nitrogens with one attached hydrogen (secondary N) is 2. The van der Waals surface area contributed by atoms with Gasteiger partial charge in [0.2, 0.25) is 0 Å². The molecule has 0 atom stereocenters. The Bertz CT molecular complexity index is 593. The third-order valence-corrected chi connectivity index (χ3v) is 5.46. The fourth-order valence-corrected chi connectivity index (χ4v) is 3.57. The van der Waals surface area contributed by atoms with E-state index in [4.69, 9.17) is 4.74 Å². The minimum Gasteiger partial charge on any atom is -0.379 e. The van der Waals surface area contributed by atoms with Crippen LogP contribution in [-0.4, -0.2) is 99.9 Å². The first-order valence-electron chi connectivity index (χ1n) is 10.5. The Hall–Kier alpha value is -1.90. The second-order valence-electron chi connectivity index (χ2n) is 7.25. The van der Waals surface area contributed by atoms with Crippen LogP contribution in [0.2, 0.25) is 0 Å². The van der Waals surface area contributed by atoms with Crippen molar-refractivity contribution in [2.24, 2.45) is 4.99 Å². The molecule has 8 nitrogen and oxygen atoms in total. The molecule has 0 bridgehead atoms. The smallest absolute Gasteiger partial charge is 0.191 e. The number of piperazine rings is 1. The Morgan fingerprint density at radius 3 is 2.50 bits per heavy atom. The number of rotatable bonds is 7. The molecule has 3 heterocycles. The van der Waals surface area contributed by atoms with Crippen molar-refractivity contribution >= 4 is 11.8 Å². The van der Waals surface area contributed by atoms with E-state index in [0.717, 1.165) is 89.5 Å². The second kappa shape index (κ2) is 11.2. The molecule has 2 saturated heterocycles. The molecule has 0 aromatic carbocycles. The molecule has 1 aromatic rings. The number of aliphatic imine (C=N–C) groups is 1. The van der Waals surface area contributed by atoms with Gasteiger partial charge in [-0.2, -0.15) is 0 Å². The van der Waals surface area contributed by atoms with Crippen LogP contribution in [0.1, 0.15) is 12.5 Å². The summed E-state index contributed by atoms with van der Waals surface area (Å²) in [6, 6.07) is 4.29. The summed E-state index contributed by atoms with van der Waals surface area (Å²) >= 11 is 0. The molecular weight excluding hydrogens is 354 g/mol. The van der Waals surface area contributed by atoms with Gasteiger partial charge in [0.05, 0.1) is 13.2 Å². The highest BCUT2D eigenvalue weighted by Crippen LogP contribution is 2.14. The zero-order valence-corrected chi connectivity index (χ0v) is 17.4. The van der Waals surface area contributed by atoms with E-state index in [1.165, 1.54) is 0 Å². The first-order valence-corrected chi connectivity index (χ1v) is 10.5. The maximum absolute atomic E-state index is 5.38. The largest absolute Gasteiger partial charge is 0.379 e. The molecule has 8 heteroatoms. The van der Waals surface area contributed by atoms with Gasteiger partial charge in [-0.15, -0.1) is 0 Å². The highest BCUT2D eigenvalue weighted by atomic mass is 16.5. The van der Waals surface area contributed by atoms with Crippen LogP contribution in [0.15, 0.2) is 23.3 Å². The number of aromatic nitrogens is 1. The molecular formula is C20H35N7O. The van der Waals surface area contributed by atoms with E-state index in [-0.39, 0.29) is 0 Å². The maximum Gasteiger partial charge on any atom is 0.191 e. The van der Waals surface area contributed by atoms with Crippen LogP contribution < -0.4 is 15.5 Å². The SMILES string of the molecule is CCN1CCN(c2ccc(CNC(=NC)NCCN3CCOCC3)cn2)CC1. The van der Waals surface area contributed by atoms with Crippen LogP contribution in [0, 0.1) is 0 Å². The molecule has 0 radical (unpaired) electrons. The summed E-state index contributed by atoms with van der Waals surface area (Å²) in [5.74, 6) is 1.90. The molecule has 0 unspecified atom stereocenters. The fraction of sp³-hybridized carbons (Fsp3) is 0.700. The number of morpholine rings is 1. The van der Waals surface area contributed by atoms with Crippen molar-refractivity contribution in [3.63, 3.8) is 0 Å². The summed E-state index contributed by atoms with van der Waals surface area (Å²) < 4.78 is 5.38. The highest BCUT2D eigenvalue weighted by Gasteiger charge is 2.16. The van der Waals surface area contributed by atoms with E-state index in [1.807, 2.05) is 6.20 Å². The summed E-state index contributed by atoms with van der Waals surface area (Å²) in [6.07, 6.45) is 1.97. The Morgan fingerprint density at radius 1 is 1.07 bits per heavy atom. The number of pyridine rings is 1. The number of anilines is 1. The summed E-state index contributed by atoms with van der Waals surface area (Å²) in [5.41, 5.74) is 1.16. The molecule has 2 fully saturated rings. The van der Waals surface area contributed by atoms with E-state index in [9.17, 15) is 0 Å². The van der Waals surface area contributed by atoms with Gasteiger partial charge in [0.25, 0.3) is 0 Å². The van der Waals surface area contributed by atoms with Crippen molar-refractivity contribution < 1.29 is 4.74 Å². The molecule has 0 spiro atoms. The molecule has 2 aliphatic heterocycles. The van der Waals surface area contributed by atoms with Gasteiger partial charge in [0.1, 0.15) is 5.82 Å². The average Bonchev–Trinajstić information content (AvgIpc) is 2.77. The predicted molar refractivity (Wildman–Crippen MR) is 114 cm³/mol. The van der Waals surface area contributed by atoms with Crippen LogP contribution in [0.5, 0.6) is 0 Å². The van der Waals surface area contributed by atoms with Crippen molar-refractivity contribution in [2.75, 3.05) is 84.1 Å². The van der Waals surface area contributed by atoms with E-state index in [2.05, 4.69) is 54.4 Å². The lowest BCUT2D eigenvalue weighted by atomic mass is 10.2. The van der Waals surface area contributed by atoms with Gasteiger partial charge in [0.15, 0.2) is 5.96 Å². The average molecular weight is 390 g/mol. The minimum absolute atomic E-state index is 0.716. The van der Waals surface area contributed by atoms with Gasteiger partial charge in [-0.25, -0.2) is 4.98 Å². The number of hydrogen-bond acceptors (Lipinski definition) is 6. The van der Waals surface area contributed by atoms with Gasteiger partial charge in [-0.3, -0.25) is 9.89 Å². The van der Waals surface area contributed by atoms with Crippen molar-refractivity contribution in [3.8, 4) is 0 Å². The fourth-order valence-electron chi connectivity index (χ4n) is 3.57. The highest BCUT2D eigenvalue weighted by molar-refractivity contribution is 5.79. The molecule has 156 valence electrons. The van der Waals surface area contributed by atoms with E-state index in [1.54, 1.807) is 7.05 Å². The zero-order chi connectivity index (χ0) is 19.6. The van der Waals surface area contributed by atoms with Crippen LogP contribution in [0.25, 0.3) is 0 Å². The molecule has 1 aromatic heterocycles. The van der Waals surface area contributed by atoms with Gasteiger partial charge in [0, 0.05) is 72.1 Å². The number of likely N-dealkylation sites (N-methyl/N-ethyl adjacent to an activating group) is 1. The molecule has 28 heavy (non-hydrogen) atoms. The Morgan fingerprint density at radius 2 is 1.86 bits per heavy atom. The summed E-state index contributed by atoms with van der Waals surface area (Å²) in [6.45, 7) is 14.0. The number of ether oxygens (including phenoxy) is 1. The molecule has 0 saturated carbocycles. The lowest BCUT2D eigenvalue weighted by Gasteiger charge is -2.34. The third-order valence-electron chi connectivity index (χ3n) is 5.46. The lowest BCUT2D eigenvalue weighted by Crippen LogP contribution is -2.46. The standard InChI is InChI=1S/C20H35N7O/c1-3-25-8-10-27(11-9-25)19-5-4-18(16-23-19)17-24-20(21-2)22-6-7-26-12-14-28-15-13-26/h4-5,16H,3,6-15,17H2,1-2H3,(H2,21,22,24). The molecule has 2 N–H and O–H groups in total. The first kappa shape index (κ1) is 20.8. The van der Waals surface area contributed by atoms with Crippen molar-refractivity contribution in [1.29, 1.82) is 0 Å². The number of guanidine groups is 1. The third kappa shape index (κ3) is 6.32. The summed E-state index contributed by atoms with van der Waals surface area (Å²) in [4.78, 5) is 16.2. The Labute approximate surface area is 169 Å². The second-order valence-corrected chi connectivity index (χ2v) is 7.25. The van der Waals surface area contributed by atoms with Crippen LogP contribution in [-0.2, 0) is 11.3 Å². The van der Waals surface area contributed by atoms with Gasteiger partial charge < -0.3 is 25.2 Å². The molecule has 3 rings (SSSR count). The van der Waals surface area contributed by atoms with Crippen LogP contribution in [0.3, 0.4) is 0 Å². The topological polar surface area (TPSA) is 68.3 Å². The Balaban J connectivity index is 1.38. The first-order chi connectivity index (χ1) is 13.8. The number of nitrogens with zero attached hydrogens (tertiary/aromatic N) is 5. The predicted octanol–water partition coefficient (Wildman–Crippen LogP) is 0.221. The zero-order valence-electron chi connectivity index (χ0n) is 17.4. The molecule has 2 aliphatic rings. The maximum atomic E-state index is 5.38. The summed E-state index contributed by atoms with van der Waals surface area (Å²) in [7, 11) is 1.81. The van der Waals surface area contributed by atoms with E-state index < -0.39 is 0 Å². The monoisotopic (exact) mass is 389 g/mol. The molecule has 0 amide bonds. The quantitative estimate of drug-likeness (QED) is 0.511. The van der Waals surface area contributed by atoms with E-state index in [0.29, 0.717) is 6.54 Å². The lowest BCUT2D eigenvalue weighted by molar-refractivity contribution is 0.0389. The molecule has 0 aliphatic carbocycles. The van der Waals surface area contributed by atoms with Gasteiger partial charge >= 0.3 is 0 Å². The van der Waals surface area contributed by atoms with Crippen molar-refractivity contribution in [1.82, 2.24) is 25.4 Å². The van der Waals surface area contributed by atoms with E-state index >= 15 is 0 Å². The van der Waals surface area contributed by atoms with Crippen molar-refractivity contribution in [2.45, 2.75) is 13.5 Å². The summed E-state index contributed by atoms with van der Waals surface area (Å²) in [5, 5.41) is 6.75. The van der Waals surface area contributed by atoms with Gasteiger partial charge in [-0.1, -0.05) is 13.0 Å². The van der Waals surface area contributed by atoms with Crippen LogP contribution >= 0.6 is 0 Å². The minimum atomic E-state index is 0.716. The van der Waals surface area contributed by atoms with Gasteiger partial charge in [-0.05, 0) is 18.2 Å².